The Hall–Kier alpha value is -8.05. The number of nitrogens with zero attached hydrogens (tertiary/aromatic N) is 5. The fourth-order valence-corrected chi connectivity index (χ4v) is 12.2. The Labute approximate surface area is 498 Å². The lowest BCUT2D eigenvalue weighted by atomic mass is 9.33. The first-order chi connectivity index (χ1) is 48.1. The van der Waals surface area contributed by atoms with Gasteiger partial charge < -0.3 is 18.9 Å². The van der Waals surface area contributed by atoms with Gasteiger partial charge in [-0.15, -0.1) is 11.3 Å². The number of aromatic nitrogens is 2. The zero-order chi connectivity index (χ0) is 76.5. The maximum absolute atomic E-state index is 11.8. The summed E-state index contributed by atoms with van der Waals surface area (Å²) in [5.41, 5.74) is -11.4. The Morgan fingerprint density at radius 2 is 0.987 bits per heavy atom. The van der Waals surface area contributed by atoms with Crippen molar-refractivity contribution in [1.29, 1.82) is 5.26 Å². The predicted molar refractivity (Wildman–Crippen MR) is 335 cm³/mol. The van der Waals surface area contributed by atoms with E-state index in [1.807, 2.05) is 6.07 Å². The topological polar surface area (TPSA) is 40.1 Å². The minimum absolute atomic E-state index is 0.0297. The summed E-state index contributed by atoms with van der Waals surface area (Å²) in [6.45, 7) is 18.7. The summed E-state index contributed by atoms with van der Waals surface area (Å²) in [5.74, 6) is 0. The van der Waals surface area contributed by atoms with E-state index in [0.717, 1.165) is 9.47 Å². The number of rotatable bonds is 2. The molecule has 0 aliphatic carbocycles. The molecule has 0 spiro atoms. The lowest BCUT2D eigenvalue weighted by Gasteiger charge is -2.46. The van der Waals surface area contributed by atoms with E-state index < -0.39 is 212 Å². The van der Waals surface area contributed by atoms with Crippen molar-refractivity contribution in [1.82, 2.24) is 9.13 Å². The Bertz CT molecular complexity index is 6180. The van der Waals surface area contributed by atoms with Gasteiger partial charge in [0.2, 0.25) is 0 Å². The molecule has 12 aromatic rings. The summed E-state index contributed by atoms with van der Waals surface area (Å²) in [4.78, 5) is 2.28. The zero-order valence-corrected chi connectivity index (χ0v) is 45.5. The lowest BCUT2D eigenvalue weighted by molar-refractivity contribution is 0.590. The second-order valence-corrected chi connectivity index (χ2v) is 25.5. The Kier molecular flexibility index (Phi) is 5.50. The number of hydrogen-bond donors (Lipinski definition) is 0. The van der Waals surface area contributed by atoms with Crippen LogP contribution in [0.3, 0.4) is 0 Å². The summed E-state index contributed by atoms with van der Waals surface area (Å²) in [7, 11) is 0. The highest BCUT2D eigenvalue weighted by molar-refractivity contribution is 7.26. The van der Waals surface area contributed by atoms with E-state index >= 15 is 0 Å². The number of para-hydroxylation sites is 1. The fraction of sp³-hybridized carbons (Fsp3) is 0.225. The summed E-state index contributed by atoms with van der Waals surface area (Å²) in [5, 5.41) is 10.5. The molecule has 0 saturated heterocycles. The van der Waals surface area contributed by atoms with Gasteiger partial charge in [0.15, 0.2) is 0 Å². The second kappa shape index (κ2) is 15.6. The molecular formula is C71H62BN5S. The molecule has 3 aliphatic heterocycles. The SMILES string of the molecule is [2H]c1c([2H])c2c3c(c1[2H])-n1c4c([2H])c([2H])c(C(C)(C)C)c([2H])c4c4c([2H])c(C(C)(C)C)c([2H])c(c41)N3c1c([2H])c(C#N)c([2H])c3c1B2c1c([2H])c([2H])c(-n2c4c([2H])c([2H])c(C(C)(C)C)c([2H])c4c4c([2H])c(C(C)(C)C)c([2H])c([2H])c42)c([2H])c1N3c1c([2H])c([2H])c([2H])c2sc3c([2H])c([2H])c([2H])c([2H])c3c12. The van der Waals surface area contributed by atoms with Crippen molar-refractivity contribution in [3.63, 3.8) is 0 Å². The monoisotopic (exact) mass is 1050 g/mol. The van der Waals surface area contributed by atoms with Crippen LogP contribution in [-0.4, -0.2) is 15.8 Å². The highest BCUT2D eigenvalue weighted by Crippen LogP contribution is 2.55. The van der Waals surface area contributed by atoms with Crippen molar-refractivity contribution in [3.8, 4) is 17.4 Å². The normalized spacial score (nSPS) is 18.7. The van der Waals surface area contributed by atoms with Crippen LogP contribution in [0.15, 0.2) is 157 Å². The van der Waals surface area contributed by atoms with E-state index in [0.29, 0.717) is 11.3 Å². The zero-order valence-electron chi connectivity index (χ0n) is 70.7. The van der Waals surface area contributed by atoms with Gasteiger partial charge in [-0.2, -0.15) is 5.26 Å². The molecule has 0 bridgehead atoms. The smallest absolute Gasteiger partial charge is 0.252 e. The van der Waals surface area contributed by atoms with Crippen LogP contribution in [0.4, 0.5) is 34.1 Å². The molecule has 9 aromatic carbocycles. The van der Waals surface area contributed by atoms with Crippen molar-refractivity contribution in [2.45, 2.75) is 105 Å². The van der Waals surface area contributed by atoms with E-state index in [-0.39, 0.29) is 127 Å². The molecule has 3 aromatic heterocycles. The first-order valence-electron chi connectivity index (χ1n) is 38.7. The van der Waals surface area contributed by atoms with Crippen molar-refractivity contribution in [3.05, 3.63) is 185 Å². The van der Waals surface area contributed by atoms with Gasteiger partial charge in [-0.05, 0) is 157 Å². The minimum Gasteiger partial charge on any atom is -0.311 e. The number of benzene rings is 9. The fourth-order valence-electron chi connectivity index (χ4n) is 11.2. The van der Waals surface area contributed by atoms with E-state index in [9.17, 15) is 38.2 Å². The molecule has 78 heavy (non-hydrogen) atoms. The van der Waals surface area contributed by atoms with Gasteiger partial charge in [0.25, 0.3) is 6.71 Å². The molecular weight excluding hydrogens is 966 g/mol. The maximum atomic E-state index is 11.8. The third-order valence-electron chi connectivity index (χ3n) is 15.1. The molecule has 0 fully saturated rings. The largest absolute Gasteiger partial charge is 0.311 e. The molecule has 3 aliphatic rings. The highest BCUT2D eigenvalue weighted by Gasteiger charge is 2.47. The third kappa shape index (κ3) is 6.47. The maximum Gasteiger partial charge on any atom is 0.252 e. The Balaban J connectivity index is 1.26. The summed E-state index contributed by atoms with van der Waals surface area (Å²) in [6.07, 6.45) is 0. The van der Waals surface area contributed by atoms with Gasteiger partial charge in [0.1, 0.15) is 0 Å². The Morgan fingerprint density at radius 3 is 1.62 bits per heavy atom. The first-order valence-corrected chi connectivity index (χ1v) is 26.5. The predicted octanol–water partition coefficient (Wildman–Crippen LogP) is 17.7. The number of hydrogen-bond acceptors (Lipinski definition) is 4. The molecule has 7 heteroatoms. The summed E-state index contributed by atoms with van der Waals surface area (Å²) < 4.78 is 263. The van der Waals surface area contributed by atoms with Gasteiger partial charge in [-0.25, -0.2) is 0 Å². The summed E-state index contributed by atoms with van der Waals surface area (Å²) in [6, 6.07) is -15.2. The van der Waals surface area contributed by atoms with Gasteiger partial charge in [0, 0.05) is 64.5 Å². The van der Waals surface area contributed by atoms with Crippen LogP contribution >= 0.6 is 11.3 Å². The molecule has 380 valence electrons. The molecule has 15 rings (SSSR count). The van der Waals surface area contributed by atoms with Gasteiger partial charge in [-0.1, -0.05) is 144 Å². The third-order valence-corrected chi connectivity index (χ3v) is 16.1. The Morgan fingerprint density at radius 1 is 0.436 bits per heavy atom. The quantitative estimate of drug-likeness (QED) is 0.162. The number of anilines is 6. The minimum atomic E-state index is -1.98. The van der Waals surface area contributed by atoms with E-state index in [2.05, 4.69) is 0 Å². The molecule has 0 N–H and O–H groups in total. The number of thiophene rings is 1. The van der Waals surface area contributed by atoms with Crippen molar-refractivity contribution in [2.75, 3.05) is 9.80 Å². The van der Waals surface area contributed by atoms with Crippen LogP contribution in [0.2, 0.25) is 0 Å². The van der Waals surface area contributed by atoms with Crippen molar-refractivity contribution < 1.29 is 35.6 Å². The first kappa shape index (κ1) is 27.5. The molecule has 5 nitrogen and oxygen atoms in total. The molecule has 0 amide bonds. The average Bonchev–Trinajstić information content (AvgIpc) is 1.16. The van der Waals surface area contributed by atoms with Gasteiger partial charge in [-0.3, -0.25) is 0 Å². The standard InChI is InChI=1S/C71H62BN5S/c1-68(2,3)41-23-28-53-47(33-41)48-34-42(69(4,5)6)24-29-54(48)74(53)45-26-27-51-58(38-45)75(56-19-16-22-63-64(56)46-17-13-14-21-62(46)78-63)59-31-40(39-73)32-60-65(59)72(51)52-18-15-20-57-67(52)77(60)61-37-44(71(10,11)12)36-50-49-35-43(70(7,8)9)25-30-55(49)76(57)66(50)61/h13-38H,1-12H3/i13D,14D,15D,16D,17D,18D,19D,20D,21D,22D,23D,24D,25D,26D,27D,28D,29D,30D,31D,32D,33D,34D,35D,36D,37D,38D. The molecule has 0 unspecified atom stereocenters. The van der Waals surface area contributed by atoms with Crippen molar-refractivity contribution >= 4 is 132 Å². The summed E-state index contributed by atoms with van der Waals surface area (Å²) >= 11 is 0.652. The van der Waals surface area contributed by atoms with Crippen molar-refractivity contribution in [2.24, 2.45) is 0 Å². The van der Waals surface area contributed by atoms with Gasteiger partial charge in [0.05, 0.1) is 92.1 Å². The lowest BCUT2D eigenvalue weighted by Crippen LogP contribution is -2.61. The average molecular weight is 1050 g/mol. The second-order valence-electron chi connectivity index (χ2n) is 24.4. The van der Waals surface area contributed by atoms with Crippen LogP contribution in [0.25, 0.3) is 75.2 Å². The van der Waals surface area contributed by atoms with Crippen LogP contribution < -0.4 is 26.2 Å². The number of nitriles is 1. The van der Waals surface area contributed by atoms with Crippen LogP contribution in [-0.2, 0) is 21.7 Å². The van der Waals surface area contributed by atoms with Crippen LogP contribution in [0.1, 0.15) is 147 Å². The number of fused-ring (bicyclic) bond motifs is 15. The molecule has 0 saturated carbocycles. The van der Waals surface area contributed by atoms with Crippen LogP contribution in [0, 0.1) is 11.3 Å². The molecule has 0 radical (unpaired) electrons. The van der Waals surface area contributed by atoms with Crippen LogP contribution in [0.5, 0.6) is 0 Å². The van der Waals surface area contributed by atoms with E-state index in [4.69, 9.17) is 2.74 Å². The highest BCUT2D eigenvalue weighted by atomic mass is 32.1. The molecule has 6 heterocycles. The van der Waals surface area contributed by atoms with E-state index in [1.54, 1.807) is 83.1 Å². The molecule has 0 atom stereocenters. The van der Waals surface area contributed by atoms with E-state index in [1.165, 1.54) is 9.47 Å². The van der Waals surface area contributed by atoms with Gasteiger partial charge >= 0.3 is 0 Å².